The number of aliphatic hydroxyl groups excluding tert-OH is 2. The number of rotatable bonds is 2. The Kier molecular flexibility index (Phi) is 7.18. The molecule has 0 saturated heterocycles. The molecule has 1 heterocycles. The van der Waals surface area contributed by atoms with Gasteiger partial charge in [0.15, 0.2) is 0 Å². The molecule has 2 atom stereocenters. The van der Waals surface area contributed by atoms with Crippen molar-refractivity contribution in [2.45, 2.75) is 32.5 Å². The van der Waals surface area contributed by atoms with Gasteiger partial charge in [-0.2, -0.15) is 0 Å². The predicted molar refractivity (Wildman–Crippen MR) is 101 cm³/mol. The van der Waals surface area contributed by atoms with E-state index >= 15 is 0 Å². The zero-order valence-electron chi connectivity index (χ0n) is 14.7. The number of hydrogen-bond acceptors (Lipinski definition) is 4. The molecule has 0 saturated carbocycles. The molecule has 0 aliphatic rings. The molecule has 0 bridgehead atoms. The smallest absolute Gasteiger partial charge is 0.0545 e. The molecule has 4 aromatic rings. The molecule has 0 fully saturated rings. The van der Waals surface area contributed by atoms with Crippen molar-refractivity contribution >= 4 is 32.6 Å². The summed E-state index contributed by atoms with van der Waals surface area (Å²) in [4.78, 5) is 8.94. The summed E-state index contributed by atoms with van der Waals surface area (Å²) in [5, 5.41) is 21.7. The molecular formula is C21H21IrN2O2-. The van der Waals surface area contributed by atoms with Gasteiger partial charge in [0, 0.05) is 38.0 Å². The zero-order valence-corrected chi connectivity index (χ0v) is 17.1. The van der Waals surface area contributed by atoms with E-state index in [0.717, 1.165) is 21.8 Å². The summed E-state index contributed by atoms with van der Waals surface area (Å²) in [6.45, 7) is 3.32. The van der Waals surface area contributed by atoms with Crippen molar-refractivity contribution in [3.63, 3.8) is 0 Å². The predicted octanol–water partition coefficient (Wildman–Crippen LogP) is 3.87. The number of aromatic nitrogens is 2. The minimum absolute atomic E-state index is 0. The first-order valence-electron chi connectivity index (χ1n) is 8.36. The maximum Gasteiger partial charge on any atom is 0.0545 e. The maximum absolute atomic E-state index is 8.56. The van der Waals surface area contributed by atoms with Crippen molar-refractivity contribution in [1.82, 2.24) is 9.97 Å². The van der Waals surface area contributed by atoms with Gasteiger partial charge in [-0.1, -0.05) is 35.0 Å². The van der Waals surface area contributed by atoms with Crippen LogP contribution in [0.5, 0.6) is 0 Å². The molecule has 2 unspecified atom stereocenters. The van der Waals surface area contributed by atoms with Crippen LogP contribution in [-0.2, 0) is 20.1 Å². The fourth-order valence-corrected chi connectivity index (χ4v) is 2.99. The van der Waals surface area contributed by atoms with Gasteiger partial charge < -0.3 is 15.2 Å². The Morgan fingerprint density at radius 1 is 0.846 bits per heavy atom. The summed E-state index contributed by atoms with van der Waals surface area (Å²) in [6, 6.07) is 17.6. The van der Waals surface area contributed by atoms with E-state index in [2.05, 4.69) is 40.3 Å². The van der Waals surface area contributed by atoms with Gasteiger partial charge in [-0.05, 0) is 25.7 Å². The molecule has 137 valence electrons. The third-order valence-electron chi connectivity index (χ3n) is 3.95. The van der Waals surface area contributed by atoms with Gasteiger partial charge in [0.25, 0.3) is 0 Å². The van der Waals surface area contributed by atoms with Crippen molar-refractivity contribution in [2.24, 2.45) is 0 Å². The van der Waals surface area contributed by atoms with Crippen molar-refractivity contribution in [1.29, 1.82) is 0 Å². The Morgan fingerprint density at radius 2 is 1.42 bits per heavy atom. The van der Waals surface area contributed by atoms with Crippen LogP contribution < -0.4 is 0 Å². The minimum atomic E-state index is -0.375. The van der Waals surface area contributed by atoms with Crippen molar-refractivity contribution in [3.8, 4) is 0 Å². The van der Waals surface area contributed by atoms with Crippen LogP contribution in [0.4, 0.5) is 0 Å². The quantitative estimate of drug-likeness (QED) is 0.308. The monoisotopic (exact) mass is 526 g/mol. The van der Waals surface area contributed by atoms with E-state index in [1.807, 2.05) is 18.2 Å². The number of aliphatic hydroxyl groups is 2. The molecule has 1 aromatic heterocycles. The van der Waals surface area contributed by atoms with Gasteiger partial charge in [0.05, 0.1) is 17.7 Å². The van der Waals surface area contributed by atoms with Crippen LogP contribution >= 0.6 is 0 Å². The molecule has 0 amide bonds. The third-order valence-corrected chi connectivity index (χ3v) is 3.95. The van der Waals surface area contributed by atoms with E-state index in [0.29, 0.717) is 6.42 Å². The Morgan fingerprint density at radius 3 is 2.04 bits per heavy atom. The molecule has 1 radical (unpaired) electrons. The fourth-order valence-electron chi connectivity index (χ4n) is 2.99. The number of fused-ring (bicyclic) bond motifs is 6. The van der Waals surface area contributed by atoms with Crippen LogP contribution in [0, 0.1) is 6.07 Å². The van der Waals surface area contributed by atoms with E-state index in [1.54, 1.807) is 26.2 Å². The average Bonchev–Trinajstić information content (AvgIpc) is 2.61. The van der Waals surface area contributed by atoms with Gasteiger partial charge in [0.1, 0.15) is 0 Å². The van der Waals surface area contributed by atoms with Crippen molar-refractivity contribution in [2.75, 3.05) is 0 Å². The second-order valence-electron chi connectivity index (χ2n) is 6.19. The molecule has 5 heteroatoms. The van der Waals surface area contributed by atoms with E-state index in [1.165, 1.54) is 10.8 Å². The zero-order chi connectivity index (χ0) is 17.8. The Bertz CT molecular complexity index is 776. The molecule has 0 spiro atoms. The summed E-state index contributed by atoms with van der Waals surface area (Å²) in [5.41, 5.74) is 1.87. The molecule has 0 aliphatic carbocycles. The van der Waals surface area contributed by atoms with E-state index in [9.17, 15) is 0 Å². The SMILES string of the molecule is CC(O)CC(C)O.[Ir].[c-]1cccc2c1c1nccnc1c1ccccc21. The number of nitrogens with zero attached hydrogens (tertiary/aromatic N) is 2. The van der Waals surface area contributed by atoms with E-state index in [4.69, 9.17) is 10.2 Å². The Labute approximate surface area is 166 Å². The first kappa shape index (κ1) is 20.4. The molecule has 4 nitrogen and oxygen atoms in total. The van der Waals surface area contributed by atoms with E-state index in [-0.39, 0.29) is 32.3 Å². The van der Waals surface area contributed by atoms with Gasteiger partial charge in [-0.15, -0.1) is 29.7 Å². The molecule has 0 aliphatic heterocycles. The minimum Gasteiger partial charge on any atom is -0.393 e. The van der Waals surface area contributed by atoms with Crippen molar-refractivity contribution in [3.05, 3.63) is 60.9 Å². The largest absolute Gasteiger partial charge is 0.393 e. The molecule has 3 aromatic carbocycles. The Hall–Kier alpha value is -1.91. The summed E-state index contributed by atoms with van der Waals surface area (Å²) in [6.07, 6.45) is 3.20. The molecule has 4 rings (SSSR count). The van der Waals surface area contributed by atoms with Gasteiger partial charge in [-0.25, -0.2) is 0 Å². The Balaban J connectivity index is 0.000000265. The first-order chi connectivity index (χ1) is 12.1. The van der Waals surface area contributed by atoms with Crippen LogP contribution in [0.3, 0.4) is 0 Å². The van der Waals surface area contributed by atoms with Crippen LogP contribution in [0.25, 0.3) is 32.6 Å². The first-order valence-corrected chi connectivity index (χ1v) is 8.36. The average molecular weight is 526 g/mol. The molecular weight excluding hydrogens is 504 g/mol. The second-order valence-corrected chi connectivity index (χ2v) is 6.19. The standard InChI is InChI=1S/C16H9N2.C5H12O2.Ir/c1-3-7-13-11(5-1)12-6-2-4-8-14(12)16-15(13)17-9-10-18-16;1-4(6)3-5(2)7;/h1-7,9-10H;4-7H,3H2,1-2H3;/q-1;;. The summed E-state index contributed by atoms with van der Waals surface area (Å²) in [7, 11) is 0. The van der Waals surface area contributed by atoms with Crippen LogP contribution in [0.2, 0.25) is 0 Å². The van der Waals surface area contributed by atoms with E-state index < -0.39 is 0 Å². The number of benzene rings is 3. The van der Waals surface area contributed by atoms with Crippen LogP contribution in [0.15, 0.2) is 54.9 Å². The fraction of sp³-hybridized carbons (Fsp3) is 0.238. The topological polar surface area (TPSA) is 66.2 Å². The maximum atomic E-state index is 8.56. The van der Waals surface area contributed by atoms with Gasteiger partial charge >= 0.3 is 0 Å². The van der Waals surface area contributed by atoms with Crippen LogP contribution in [-0.4, -0.2) is 32.4 Å². The summed E-state index contributed by atoms with van der Waals surface area (Å²) >= 11 is 0. The van der Waals surface area contributed by atoms with Gasteiger partial charge in [-0.3, -0.25) is 4.98 Å². The summed E-state index contributed by atoms with van der Waals surface area (Å²) < 4.78 is 0. The van der Waals surface area contributed by atoms with Gasteiger partial charge in [0.2, 0.25) is 0 Å². The van der Waals surface area contributed by atoms with Crippen molar-refractivity contribution < 1.29 is 30.3 Å². The molecule has 2 N–H and O–H groups in total. The van der Waals surface area contributed by atoms with Crippen LogP contribution in [0.1, 0.15) is 20.3 Å². The summed E-state index contributed by atoms with van der Waals surface area (Å²) in [5.74, 6) is 0. The second kappa shape index (κ2) is 9.15. The molecule has 26 heavy (non-hydrogen) atoms. The normalized spacial score (nSPS) is 12.9. The number of hydrogen-bond donors (Lipinski definition) is 2. The third kappa shape index (κ3) is 4.43.